The van der Waals surface area contributed by atoms with Gasteiger partial charge in [-0.05, 0) is 30.5 Å². The van der Waals surface area contributed by atoms with Gasteiger partial charge in [0.05, 0.1) is 19.6 Å². The lowest BCUT2D eigenvalue weighted by atomic mass is 9.85. The first-order chi connectivity index (χ1) is 14.0. The average molecular weight is 394 g/mol. The molecule has 2 heterocycles. The zero-order valence-corrected chi connectivity index (χ0v) is 16.4. The van der Waals surface area contributed by atoms with Crippen LogP contribution in [0.25, 0.3) is 0 Å². The van der Waals surface area contributed by atoms with Gasteiger partial charge in [0.1, 0.15) is 17.4 Å². The van der Waals surface area contributed by atoms with Crippen LogP contribution in [0.2, 0.25) is 0 Å². The highest BCUT2D eigenvalue weighted by molar-refractivity contribution is 5.90. The highest BCUT2D eigenvalue weighted by Crippen LogP contribution is 2.39. The van der Waals surface area contributed by atoms with Gasteiger partial charge >= 0.3 is 0 Å². The van der Waals surface area contributed by atoms with Gasteiger partial charge in [0.25, 0.3) is 0 Å². The quantitative estimate of drug-likeness (QED) is 0.713. The topological polar surface area (TPSA) is 69.0 Å². The lowest BCUT2D eigenvalue weighted by Crippen LogP contribution is -2.25. The Balaban J connectivity index is 1.49. The number of carbonyl (C=O) groups excluding carboxylic acids is 1. The number of anilines is 1. The molecule has 4 rings (SSSR count). The third-order valence-electron chi connectivity index (χ3n) is 5.41. The summed E-state index contributed by atoms with van der Waals surface area (Å²) in [5.74, 6) is 1.13. The maximum Gasteiger partial charge on any atom is 0.249 e. The monoisotopic (exact) mass is 394 g/mol. The number of nitrogens with zero attached hydrogens (tertiary/aromatic N) is 3. The number of halogens is 1. The molecule has 0 bridgehead atoms. The van der Waals surface area contributed by atoms with Crippen molar-refractivity contribution in [3.63, 3.8) is 0 Å². The highest BCUT2D eigenvalue weighted by atomic mass is 19.1. The van der Waals surface area contributed by atoms with Crippen LogP contribution in [-0.4, -0.2) is 27.8 Å². The normalized spacial score (nSPS) is 18.2. The fraction of sp³-hybridized carbons (Fsp3) is 0.318. The smallest absolute Gasteiger partial charge is 0.249 e. The van der Waals surface area contributed by atoms with Gasteiger partial charge in [0.15, 0.2) is 0 Å². The number of fused-ring (bicyclic) bond motifs is 1. The molecule has 150 valence electrons. The van der Waals surface area contributed by atoms with Crippen LogP contribution < -0.4 is 10.1 Å². The molecule has 6 nitrogen and oxygen atoms in total. The summed E-state index contributed by atoms with van der Waals surface area (Å²) >= 11 is 0. The standard InChI is InChI=1S/C22H23FN4O2/c1-14-17(18-9-8-16(29-2)13-19(18)23)10-11-20-24-22(26-27(14)20)25-21(28)12-15-6-4-3-5-7-15/h3-9,13-14,17H,10-12H2,1-2H3,(H,25,26,28). The van der Waals surface area contributed by atoms with Gasteiger partial charge in [-0.25, -0.2) is 9.07 Å². The van der Waals surface area contributed by atoms with Gasteiger partial charge in [0.2, 0.25) is 11.9 Å². The fourth-order valence-electron chi connectivity index (χ4n) is 3.90. The minimum atomic E-state index is -0.277. The first kappa shape index (κ1) is 19.1. The molecule has 0 saturated carbocycles. The maximum atomic E-state index is 14.6. The Morgan fingerprint density at radius 1 is 1.28 bits per heavy atom. The zero-order chi connectivity index (χ0) is 20.4. The molecule has 0 spiro atoms. The lowest BCUT2D eigenvalue weighted by Gasteiger charge is -2.30. The molecule has 2 atom stereocenters. The van der Waals surface area contributed by atoms with Crippen molar-refractivity contribution in [1.29, 1.82) is 0 Å². The minimum Gasteiger partial charge on any atom is -0.497 e. The van der Waals surface area contributed by atoms with Crippen molar-refractivity contribution < 1.29 is 13.9 Å². The number of nitrogens with one attached hydrogen (secondary N) is 1. The Labute approximate surface area is 168 Å². The van der Waals surface area contributed by atoms with E-state index in [4.69, 9.17) is 4.74 Å². The summed E-state index contributed by atoms with van der Waals surface area (Å²) < 4.78 is 21.5. The minimum absolute atomic E-state index is 0.0250. The zero-order valence-electron chi connectivity index (χ0n) is 16.4. The second-order valence-corrected chi connectivity index (χ2v) is 7.28. The van der Waals surface area contributed by atoms with Crippen molar-refractivity contribution in [1.82, 2.24) is 14.8 Å². The van der Waals surface area contributed by atoms with Crippen LogP contribution in [0.5, 0.6) is 5.75 Å². The van der Waals surface area contributed by atoms with Crippen LogP contribution in [-0.2, 0) is 17.6 Å². The summed E-state index contributed by atoms with van der Waals surface area (Å²) in [6.45, 7) is 2.00. The van der Waals surface area contributed by atoms with Crippen LogP contribution in [0, 0.1) is 5.82 Å². The van der Waals surface area contributed by atoms with Gasteiger partial charge < -0.3 is 4.74 Å². The molecule has 1 aromatic heterocycles. The number of ether oxygens (including phenoxy) is 1. The molecule has 0 radical (unpaired) electrons. The van der Waals surface area contributed by atoms with E-state index in [1.165, 1.54) is 13.2 Å². The van der Waals surface area contributed by atoms with Crippen LogP contribution >= 0.6 is 0 Å². The van der Waals surface area contributed by atoms with E-state index in [9.17, 15) is 9.18 Å². The molecule has 1 aliphatic rings. The van der Waals surface area contributed by atoms with E-state index in [-0.39, 0.29) is 30.1 Å². The summed E-state index contributed by atoms with van der Waals surface area (Å²) in [7, 11) is 1.52. The van der Waals surface area contributed by atoms with Gasteiger partial charge in [-0.2, -0.15) is 4.98 Å². The number of hydrogen-bond donors (Lipinski definition) is 1. The van der Waals surface area contributed by atoms with Crippen molar-refractivity contribution >= 4 is 11.9 Å². The Bertz CT molecular complexity index is 1020. The molecule has 1 N–H and O–H groups in total. The van der Waals surface area contributed by atoms with Crippen LogP contribution in [0.4, 0.5) is 10.3 Å². The Morgan fingerprint density at radius 2 is 2.07 bits per heavy atom. The third kappa shape index (κ3) is 3.99. The van der Waals surface area contributed by atoms with Crippen LogP contribution in [0.1, 0.15) is 42.3 Å². The van der Waals surface area contributed by atoms with Gasteiger partial charge in [-0.1, -0.05) is 36.4 Å². The number of hydrogen-bond acceptors (Lipinski definition) is 4. The predicted molar refractivity (Wildman–Crippen MR) is 108 cm³/mol. The SMILES string of the molecule is COc1ccc(C2CCc3nc(NC(=O)Cc4ccccc4)nn3C2C)c(F)c1. The Morgan fingerprint density at radius 3 is 2.79 bits per heavy atom. The van der Waals surface area contributed by atoms with E-state index >= 15 is 0 Å². The predicted octanol–water partition coefficient (Wildman–Crippen LogP) is 3.90. The molecule has 0 aliphatic carbocycles. The number of amides is 1. The van der Waals surface area contributed by atoms with Crippen molar-refractivity contribution in [3.05, 3.63) is 71.3 Å². The first-order valence-corrected chi connectivity index (χ1v) is 9.68. The summed E-state index contributed by atoms with van der Waals surface area (Å²) in [4.78, 5) is 16.8. The van der Waals surface area contributed by atoms with E-state index in [2.05, 4.69) is 15.4 Å². The Hall–Kier alpha value is -3.22. The summed E-state index contributed by atoms with van der Waals surface area (Å²) in [5, 5.41) is 7.26. The molecular weight excluding hydrogens is 371 g/mol. The molecule has 29 heavy (non-hydrogen) atoms. The molecule has 0 saturated heterocycles. The molecule has 3 aromatic rings. The molecule has 0 fully saturated rings. The third-order valence-corrected chi connectivity index (χ3v) is 5.41. The largest absolute Gasteiger partial charge is 0.497 e. The van der Waals surface area contributed by atoms with E-state index in [0.717, 1.165) is 17.8 Å². The van der Waals surface area contributed by atoms with Crippen molar-refractivity contribution in [2.45, 2.75) is 38.1 Å². The number of methoxy groups -OCH3 is 1. The second-order valence-electron chi connectivity index (χ2n) is 7.28. The molecule has 1 aliphatic heterocycles. The first-order valence-electron chi connectivity index (χ1n) is 9.68. The highest BCUT2D eigenvalue weighted by Gasteiger charge is 2.31. The molecule has 1 amide bonds. The average Bonchev–Trinajstić information content (AvgIpc) is 3.12. The van der Waals surface area contributed by atoms with Crippen LogP contribution in [0.3, 0.4) is 0 Å². The van der Waals surface area contributed by atoms with Crippen molar-refractivity contribution in [2.75, 3.05) is 12.4 Å². The summed E-state index contributed by atoms with van der Waals surface area (Å²) in [6, 6.07) is 14.4. The van der Waals surface area contributed by atoms with E-state index in [0.29, 0.717) is 23.7 Å². The molecule has 2 aromatic carbocycles. The van der Waals surface area contributed by atoms with Gasteiger partial charge in [-0.15, -0.1) is 5.10 Å². The van der Waals surface area contributed by atoms with E-state index in [1.54, 1.807) is 16.8 Å². The maximum absolute atomic E-state index is 14.6. The number of aromatic nitrogens is 3. The second kappa shape index (κ2) is 8.03. The molecular formula is C22H23FN4O2. The molecule has 7 heteroatoms. The summed E-state index contributed by atoms with van der Waals surface area (Å²) in [6.07, 6.45) is 1.70. The van der Waals surface area contributed by atoms with E-state index < -0.39 is 0 Å². The van der Waals surface area contributed by atoms with Gasteiger partial charge in [0, 0.05) is 18.4 Å². The number of rotatable bonds is 5. The van der Waals surface area contributed by atoms with Crippen molar-refractivity contribution in [2.24, 2.45) is 0 Å². The summed E-state index contributed by atoms with van der Waals surface area (Å²) in [5.41, 5.74) is 1.58. The molecule has 2 unspecified atom stereocenters. The number of benzene rings is 2. The number of carbonyl (C=O) groups is 1. The number of aryl methyl sites for hydroxylation is 1. The lowest BCUT2D eigenvalue weighted by molar-refractivity contribution is -0.115. The Kier molecular flexibility index (Phi) is 5.29. The van der Waals surface area contributed by atoms with Crippen LogP contribution in [0.15, 0.2) is 48.5 Å². The van der Waals surface area contributed by atoms with Gasteiger partial charge in [-0.3, -0.25) is 10.1 Å². The fourth-order valence-corrected chi connectivity index (χ4v) is 3.90. The van der Waals surface area contributed by atoms with Crippen molar-refractivity contribution in [3.8, 4) is 5.75 Å². The van der Waals surface area contributed by atoms with E-state index in [1.807, 2.05) is 37.3 Å².